The molecule has 0 radical (unpaired) electrons. The van der Waals surface area contributed by atoms with Crippen molar-refractivity contribution < 1.29 is 19.1 Å². The molecule has 2 heterocycles. The first-order valence-corrected chi connectivity index (χ1v) is 10.8. The van der Waals surface area contributed by atoms with E-state index in [1.165, 1.54) is 0 Å². The van der Waals surface area contributed by atoms with Gasteiger partial charge in [0.2, 0.25) is 0 Å². The third-order valence-electron chi connectivity index (χ3n) is 4.38. The van der Waals surface area contributed by atoms with Gasteiger partial charge in [0.1, 0.15) is 6.54 Å². The van der Waals surface area contributed by atoms with E-state index < -0.39 is 17.1 Å². The van der Waals surface area contributed by atoms with E-state index >= 15 is 0 Å². The lowest BCUT2D eigenvalue weighted by molar-refractivity contribution is -0.145. The lowest BCUT2D eigenvalue weighted by atomic mass is 10.2. The standard InChI is InChI=1S/C20H18BrClN2O4S/c1-4-28-18(25)10-23-19(26)17(29-20(23)27)8-13-7-11(2)24(12(13)3)14-5-6-15(21)16(22)9-14/h5-9H,4,10H2,1-3H3/b17-8-. The molecule has 0 aliphatic carbocycles. The molecule has 2 amide bonds. The summed E-state index contributed by atoms with van der Waals surface area (Å²) in [4.78, 5) is 37.6. The number of aryl methyl sites for hydroxylation is 1. The van der Waals surface area contributed by atoms with Crippen LogP contribution in [0.25, 0.3) is 11.8 Å². The average molecular weight is 498 g/mol. The van der Waals surface area contributed by atoms with Crippen LogP contribution in [0.2, 0.25) is 5.02 Å². The summed E-state index contributed by atoms with van der Waals surface area (Å²) in [5.74, 6) is -1.11. The fraction of sp³-hybridized carbons (Fsp3) is 0.250. The molecule has 1 aliphatic rings. The number of carbonyl (C=O) groups excluding carboxylic acids is 3. The number of aromatic nitrogens is 1. The van der Waals surface area contributed by atoms with Gasteiger partial charge in [-0.05, 0) is 84.4 Å². The van der Waals surface area contributed by atoms with E-state index in [0.29, 0.717) is 5.02 Å². The molecule has 29 heavy (non-hydrogen) atoms. The molecule has 1 aromatic carbocycles. The molecule has 0 unspecified atom stereocenters. The predicted molar refractivity (Wildman–Crippen MR) is 117 cm³/mol. The van der Waals surface area contributed by atoms with Crippen molar-refractivity contribution in [1.29, 1.82) is 0 Å². The third kappa shape index (κ3) is 4.44. The van der Waals surface area contributed by atoms with Crippen LogP contribution in [0, 0.1) is 13.8 Å². The van der Waals surface area contributed by atoms with Gasteiger partial charge in [-0.2, -0.15) is 0 Å². The largest absolute Gasteiger partial charge is 0.465 e. The van der Waals surface area contributed by atoms with Crippen LogP contribution in [0.15, 0.2) is 33.6 Å². The number of benzene rings is 1. The molecule has 1 fully saturated rings. The number of nitrogens with zero attached hydrogens (tertiary/aromatic N) is 2. The van der Waals surface area contributed by atoms with Crippen molar-refractivity contribution in [2.75, 3.05) is 13.2 Å². The smallest absolute Gasteiger partial charge is 0.326 e. The number of thioether (sulfide) groups is 1. The normalized spacial score (nSPS) is 15.5. The summed E-state index contributed by atoms with van der Waals surface area (Å²) in [6.45, 7) is 5.35. The van der Waals surface area contributed by atoms with Crippen molar-refractivity contribution >= 4 is 62.5 Å². The lowest BCUT2D eigenvalue weighted by Crippen LogP contribution is -2.34. The Morgan fingerprint density at radius 1 is 1.28 bits per heavy atom. The van der Waals surface area contributed by atoms with Crippen LogP contribution in [0.4, 0.5) is 4.79 Å². The summed E-state index contributed by atoms with van der Waals surface area (Å²) < 4.78 is 7.66. The van der Waals surface area contributed by atoms with E-state index in [0.717, 1.165) is 43.8 Å². The fourth-order valence-corrected chi connectivity index (χ4v) is 4.32. The van der Waals surface area contributed by atoms with Gasteiger partial charge < -0.3 is 9.30 Å². The molecular weight excluding hydrogens is 480 g/mol. The van der Waals surface area contributed by atoms with Crippen molar-refractivity contribution in [3.05, 3.63) is 55.6 Å². The number of halogens is 2. The van der Waals surface area contributed by atoms with Gasteiger partial charge in [-0.1, -0.05) is 11.6 Å². The van der Waals surface area contributed by atoms with Gasteiger partial charge >= 0.3 is 5.97 Å². The quantitative estimate of drug-likeness (QED) is 0.424. The van der Waals surface area contributed by atoms with Crippen LogP contribution >= 0.6 is 39.3 Å². The number of esters is 1. The molecule has 1 aromatic heterocycles. The Bertz CT molecular complexity index is 1050. The van der Waals surface area contributed by atoms with Crippen LogP contribution in [0.5, 0.6) is 0 Å². The van der Waals surface area contributed by atoms with Gasteiger partial charge in [0, 0.05) is 21.5 Å². The molecule has 9 heteroatoms. The number of hydrogen-bond acceptors (Lipinski definition) is 5. The summed E-state index contributed by atoms with van der Waals surface area (Å²) in [6, 6.07) is 7.59. The Hall–Kier alpha value is -2.03. The molecule has 0 bridgehead atoms. The van der Waals surface area contributed by atoms with Crippen LogP contribution in [-0.4, -0.2) is 39.7 Å². The van der Waals surface area contributed by atoms with E-state index in [2.05, 4.69) is 15.9 Å². The first-order valence-electron chi connectivity index (χ1n) is 8.78. The van der Waals surface area contributed by atoms with E-state index in [4.69, 9.17) is 16.3 Å². The molecule has 1 aliphatic heterocycles. The molecule has 0 saturated carbocycles. The second kappa shape index (κ2) is 8.77. The van der Waals surface area contributed by atoms with E-state index in [9.17, 15) is 14.4 Å². The molecule has 6 nitrogen and oxygen atoms in total. The summed E-state index contributed by atoms with van der Waals surface area (Å²) in [6.07, 6.45) is 1.68. The van der Waals surface area contributed by atoms with Gasteiger partial charge in [-0.15, -0.1) is 0 Å². The molecule has 0 atom stereocenters. The van der Waals surface area contributed by atoms with Gasteiger partial charge in [0.15, 0.2) is 0 Å². The SMILES string of the molecule is CCOC(=O)CN1C(=O)S/C(=C\c2cc(C)n(-c3ccc(Br)c(Cl)c3)c2C)C1=O. The van der Waals surface area contributed by atoms with E-state index in [1.807, 2.05) is 42.7 Å². The molecule has 152 valence electrons. The highest BCUT2D eigenvalue weighted by molar-refractivity contribution is 9.10. The Morgan fingerprint density at radius 3 is 2.66 bits per heavy atom. The Morgan fingerprint density at radius 2 is 2.00 bits per heavy atom. The van der Waals surface area contributed by atoms with Crippen molar-refractivity contribution in [1.82, 2.24) is 9.47 Å². The van der Waals surface area contributed by atoms with E-state index in [-0.39, 0.29) is 18.1 Å². The fourth-order valence-electron chi connectivity index (χ4n) is 3.07. The van der Waals surface area contributed by atoms with Crippen molar-refractivity contribution in [2.45, 2.75) is 20.8 Å². The van der Waals surface area contributed by atoms with Crippen LogP contribution in [0.3, 0.4) is 0 Å². The van der Waals surface area contributed by atoms with Crippen molar-refractivity contribution in [3.63, 3.8) is 0 Å². The second-order valence-corrected chi connectivity index (χ2v) is 8.59. The monoisotopic (exact) mass is 496 g/mol. The second-order valence-electron chi connectivity index (χ2n) is 6.33. The highest BCUT2D eigenvalue weighted by Crippen LogP contribution is 2.34. The average Bonchev–Trinajstić information content (AvgIpc) is 3.08. The van der Waals surface area contributed by atoms with Gasteiger partial charge in [0.05, 0.1) is 16.5 Å². The maximum absolute atomic E-state index is 12.6. The number of ether oxygens (including phenoxy) is 1. The van der Waals surface area contributed by atoms with Crippen LogP contribution < -0.4 is 0 Å². The zero-order valence-electron chi connectivity index (χ0n) is 16.0. The third-order valence-corrected chi connectivity index (χ3v) is 6.52. The molecule has 0 spiro atoms. The Balaban J connectivity index is 1.91. The highest BCUT2D eigenvalue weighted by Gasteiger charge is 2.36. The molecule has 2 aromatic rings. The van der Waals surface area contributed by atoms with E-state index in [1.54, 1.807) is 13.0 Å². The highest BCUT2D eigenvalue weighted by atomic mass is 79.9. The topological polar surface area (TPSA) is 68.6 Å². The molecule has 0 N–H and O–H groups in total. The number of imide groups is 1. The molecule has 1 saturated heterocycles. The first-order chi connectivity index (χ1) is 13.7. The van der Waals surface area contributed by atoms with Crippen molar-refractivity contribution in [3.8, 4) is 5.69 Å². The Kier molecular flexibility index (Phi) is 6.55. The summed E-state index contributed by atoms with van der Waals surface area (Å²) in [5.41, 5.74) is 3.56. The minimum Gasteiger partial charge on any atom is -0.465 e. The number of carbonyl (C=O) groups is 3. The zero-order valence-corrected chi connectivity index (χ0v) is 19.2. The van der Waals surface area contributed by atoms with Crippen LogP contribution in [0.1, 0.15) is 23.9 Å². The maximum atomic E-state index is 12.6. The van der Waals surface area contributed by atoms with Gasteiger partial charge in [-0.3, -0.25) is 19.3 Å². The number of amides is 2. The Labute approximate surface area is 186 Å². The van der Waals surface area contributed by atoms with Crippen molar-refractivity contribution in [2.24, 2.45) is 0 Å². The molecule has 3 rings (SSSR count). The summed E-state index contributed by atoms with van der Waals surface area (Å²) in [7, 11) is 0. The number of rotatable bonds is 5. The lowest BCUT2D eigenvalue weighted by Gasteiger charge is -2.11. The molecular formula is C20H18BrClN2O4S. The minimum absolute atomic E-state index is 0.191. The number of hydrogen-bond donors (Lipinski definition) is 0. The minimum atomic E-state index is -0.610. The maximum Gasteiger partial charge on any atom is 0.326 e. The zero-order chi connectivity index (χ0) is 21.3. The first kappa shape index (κ1) is 21.7. The predicted octanol–water partition coefficient (Wildman–Crippen LogP) is 5.11. The summed E-state index contributed by atoms with van der Waals surface area (Å²) >= 11 is 10.4. The summed E-state index contributed by atoms with van der Waals surface area (Å²) in [5, 5.41) is 0.111. The van der Waals surface area contributed by atoms with Crippen LogP contribution in [-0.2, 0) is 14.3 Å². The van der Waals surface area contributed by atoms with Gasteiger partial charge in [-0.25, -0.2) is 0 Å². The van der Waals surface area contributed by atoms with Gasteiger partial charge in [0.25, 0.3) is 11.1 Å².